The highest BCUT2D eigenvalue weighted by atomic mass is 79.9. The fourth-order valence-electron chi connectivity index (χ4n) is 2.16. The van der Waals surface area contributed by atoms with Gasteiger partial charge in [0.05, 0.1) is 9.37 Å². The van der Waals surface area contributed by atoms with Gasteiger partial charge < -0.3 is 5.73 Å². The topological polar surface area (TPSA) is 110 Å². The summed E-state index contributed by atoms with van der Waals surface area (Å²) >= 11 is 3.23. The summed E-state index contributed by atoms with van der Waals surface area (Å²) in [5, 5.41) is 0. The van der Waals surface area contributed by atoms with Gasteiger partial charge in [0.25, 0.3) is 10.1 Å². The zero-order valence-electron chi connectivity index (χ0n) is 12.5. The van der Waals surface area contributed by atoms with Gasteiger partial charge in [-0.05, 0) is 53.9 Å². The number of hydrogen-bond acceptors (Lipinski definition) is 4. The minimum absolute atomic E-state index is 0.0260. The number of halogens is 1. The van der Waals surface area contributed by atoms with E-state index in [2.05, 4.69) is 15.9 Å². The van der Waals surface area contributed by atoms with Gasteiger partial charge in [0, 0.05) is 0 Å². The number of nitrogen functional groups attached to an aromatic ring is 2. The third-order valence-electron chi connectivity index (χ3n) is 2.74. The molecule has 0 saturated carbocycles. The van der Waals surface area contributed by atoms with Gasteiger partial charge in [-0.15, -0.1) is 0 Å². The molecule has 1 aromatic heterocycles. The van der Waals surface area contributed by atoms with Crippen molar-refractivity contribution in [2.75, 3.05) is 11.6 Å². The van der Waals surface area contributed by atoms with Crippen molar-refractivity contribution in [3.8, 4) is 0 Å². The number of rotatable bonds is 1. The Kier molecular flexibility index (Phi) is 5.92. The number of hydrogen-bond donors (Lipinski definition) is 3. The van der Waals surface area contributed by atoms with Crippen LogP contribution in [0.2, 0.25) is 0 Å². The molecule has 0 atom stereocenters. The molecule has 0 aliphatic carbocycles. The molecule has 120 valence electrons. The summed E-state index contributed by atoms with van der Waals surface area (Å²) in [5.74, 6) is 5.37. The standard InChI is InChI=1S/C9H12O3S.C5H7BrN3/c1-6-4-7(2)9(8(3)5-6)13(10,11)12;6-4-1-5(7)3-9(8)2-4/h4-5H,1-3H3,(H,10,11,12);1-3H,7-8H2/q;+1. The zero-order chi connectivity index (χ0) is 17.1. The summed E-state index contributed by atoms with van der Waals surface area (Å²) < 4.78 is 33.1. The fraction of sp³-hybridized carbons (Fsp3) is 0.214. The Morgan fingerprint density at radius 2 is 1.59 bits per heavy atom. The predicted octanol–water partition coefficient (Wildman–Crippen LogP) is 1.89. The number of benzene rings is 1. The van der Waals surface area contributed by atoms with E-state index in [-0.39, 0.29) is 4.90 Å². The first-order chi connectivity index (χ1) is 10.0. The molecule has 2 rings (SSSR count). The number of nitrogens with two attached hydrogens (primary N) is 2. The van der Waals surface area contributed by atoms with Crippen molar-refractivity contribution in [3.05, 3.63) is 51.8 Å². The van der Waals surface area contributed by atoms with Gasteiger partial charge in [-0.1, -0.05) is 22.4 Å². The number of aromatic nitrogens is 1. The van der Waals surface area contributed by atoms with Crippen LogP contribution in [0.4, 0.5) is 5.69 Å². The maximum atomic E-state index is 10.9. The SMILES string of the molecule is Cc1cc(C)c(S(=O)(=O)O)c(C)c1.Nc1cc(Br)c[n+](N)c1. The van der Waals surface area contributed by atoms with Gasteiger partial charge in [0.15, 0.2) is 0 Å². The average Bonchev–Trinajstić information content (AvgIpc) is 2.23. The Bertz CT molecular complexity index is 718. The van der Waals surface area contributed by atoms with E-state index in [0.717, 1.165) is 10.0 Å². The van der Waals surface area contributed by atoms with Crippen LogP contribution in [0.1, 0.15) is 16.7 Å². The maximum absolute atomic E-state index is 10.9. The van der Waals surface area contributed by atoms with Gasteiger partial charge >= 0.3 is 0 Å². The number of anilines is 1. The Morgan fingerprint density at radius 3 is 1.95 bits per heavy atom. The summed E-state index contributed by atoms with van der Waals surface area (Å²) in [6.07, 6.45) is 3.35. The molecular formula is C14H19BrN3O3S+. The Labute approximate surface area is 138 Å². The maximum Gasteiger partial charge on any atom is 0.295 e. The van der Waals surface area contributed by atoms with Crippen molar-refractivity contribution in [2.24, 2.45) is 0 Å². The third kappa shape index (κ3) is 5.28. The van der Waals surface area contributed by atoms with E-state index < -0.39 is 10.1 Å². The minimum atomic E-state index is -4.08. The summed E-state index contributed by atoms with van der Waals surface area (Å²) in [5.41, 5.74) is 8.23. The molecule has 22 heavy (non-hydrogen) atoms. The minimum Gasteiger partial charge on any atom is -0.394 e. The molecule has 0 fully saturated rings. The van der Waals surface area contributed by atoms with E-state index in [4.69, 9.17) is 16.1 Å². The van der Waals surface area contributed by atoms with Crippen molar-refractivity contribution in [3.63, 3.8) is 0 Å². The van der Waals surface area contributed by atoms with Crippen LogP contribution in [0.25, 0.3) is 0 Å². The van der Waals surface area contributed by atoms with E-state index in [1.54, 1.807) is 44.4 Å². The molecule has 0 aliphatic rings. The van der Waals surface area contributed by atoms with Gasteiger partial charge in [-0.25, -0.2) is 5.84 Å². The normalized spacial score (nSPS) is 10.8. The van der Waals surface area contributed by atoms with Crippen LogP contribution in [0.15, 0.2) is 40.0 Å². The lowest BCUT2D eigenvalue weighted by Gasteiger charge is -2.07. The first kappa shape index (κ1) is 18.4. The van der Waals surface area contributed by atoms with E-state index in [9.17, 15) is 8.42 Å². The van der Waals surface area contributed by atoms with Crippen LogP contribution >= 0.6 is 15.9 Å². The molecule has 0 saturated heterocycles. The molecule has 0 bridgehead atoms. The molecule has 1 heterocycles. The first-order valence-corrected chi connectivity index (χ1v) is 8.51. The van der Waals surface area contributed by atoms with Crippen molar-refractivity contribution >= 4 is 31.7 Å². The summed E-state index contributed by atoms with van der Waals surface area (Å²) in [6.45, 7) is 5.22. The molecular weight excluding hydrogens is 370 g/mol. The molecule has 0 spiro atoms. The van der Waals surface area contributed by atoms with Crippen molar-refractivity contribution in [2.45, 2.75) is 25.7 Å². The molecule has 0 unspecified atom stereocenters. The second-order valence-electron chi connectivity index (χ2n) is 4.94. The number of aryl methyl sites for hydroxylation is 3. The highest BCUT2D eigenvalue weighted by Crippen LogP contribution is 2.20. The van der Waals surface area contributed by atoms with Crippen LogP contribution in [-0.2, 0) is 10.1 Å². The van der Waals surface area contributed by atoms with Crippen LogP contribution in [0, 0.1) is 20.8 Å². The van der Waals surface area contributed by atoms with Gasteiger partial charge in [-0.3, -0.25) is 4.55 Å². The van der Waals surface area contributed by atoms with Gasteiger partial charge in [0.2, 0.25) is 12.4 Å². The summed E-state index contributed by atoms with van der Waals surface area (Å²) in [4.78, 5) is 0.0260. The number of pyridine rings is 1. The Morgan fingerprint density at radius 1 is 1.09 bits per heavy atom. The van der Waals surface area contributed by atoms with Crippen LogP contribution in [-0.4, -0.2) is 13.0 Å². The monoisotopic (exact) mass is 388 g/mol. The smallest absolute Gasteiger partial charge is 0.295 e. The van der Waals surface area contributed by atoms with Crippen molar-refractivity contribution in [1.82, 2.24) is 0 Å². The molecule has 8 heteroatoms. The molecule has 5 N–H and O–H groups in total. The second kappa shape index (κ2) is 7.08. The first-order valence-electron chi connectivity index (χ1n) is 6.28. The van der Waals surface area contributed by atoms with E-state index in [1.165, 1.54) is 4.68 Å². The lowest BCUT2D eigenvalue weighted by Crippen LogP contribution is -2.43. The van der Waals surface area contributed by atoms with Crippen molar-refractivity contribution in [1.29, 1.82) is 0 Å². The predicted molar refractivity (Wildman–Crippen MR) is 89.4 cm³/mol. The zero-order valence-corrected chi connectivity index (χ0v) is 14.9. The van der Waals surface area contributed by atoms with E-state index in [1.807, 2.05) is 6.92 Å². The Balaban J connectivity index is 0.000000235. The molecule has 1 aromatic carbocycles. The Hall–Kier alpha value is -1.64. The van der Waals surface area contributed by atoms with Gasteiger partial charge in [0.1, 0.15) is 5.69 Å². The van der Waals surface area contributed by atoms with Crippen molar-refractivity contribution < 1.29 is 17.6 Å². The molecule has 0 amide bonds. The third-order valence-corrected chi connectivity index (χ3v) is 4.33. The van der Waals surface area contributed by atoms with E-state index >= 15 is 0 Å². The van der Waals surface area contributed by atoms with Crippen LogP contribution in [0.5, 0.6) is 0 Å². The highest BCUT2D eigenvalue weighted by Gasteiger charge is 2.15. The average molecular weight is 389 g/mol. The lowest BCUT2D eigenvalue weighted by atomic mass is 10.1. The fourth-order valence-corrected chi connectivity index (χ4v) is 3.59. The summed E-state index contributed by atoms with van der Waals surface area (Å²) in [7, 11) is -4.08. The molecule has 0 radical (unpaired) electrons. The van der Waals surface area contributed by atoms with Crippen LogP contribution < -0.4 is 16.3 Å². The lowest BCUT2D eigenvalue weighted by molar-refractivity contribution is -0.638. The van der Waals surface area contributed by atoms with E-state index in [0.29, 0.717) is 16.8 Å². The highest BCUT2D eigenvalue weighted by molar-refractivity contribution is 9.10. The largest absolute Gasteiger partial charge is 0.394 e. The number of nitrogens with zero attached hydrogens (tertiary/aromatic N) is 1. The molecule has 6 nitrogen and oxygen atoms in total. The molecule has 2 aromatic rings. The summed E-state index contributed by atoms with van der Waals surface area (Å²) in [6, 6.07) is 5.25. The van der Waals surface area contributed by atoms with Gasteiger partial charge in [-0.2, -0.15) is 8.42 Å². The molecule has 0 aliphatic heterocycles. The van der Waals surface area contributed by atoms with Crippen LogP contribution in [0.3, 0.4) is 0 Å². The quantitative estimate of drug-likeness (QED) is 0.392. The second-order valence-corrected chi connectivity index (χ2v) is 7.21.